The Hall–Kier alpha value is -1.79. The zero-order chi connectivity index (χ0) is 12.1. The largest absolute Gasteiger partial charge is 0.504 e. The zero-order valence-electron chi connectivity index (χ0n) is 8.42. The third-order valence-electron chi connectivity index (χ3n) is 2.01. The molecule has 0 heterocycles. The van der Waals surface area contributed by atoms with Crippen LogP contribution >= 0.6 is 0 Å². The van der Waals surface area contributed by atoms with Crippen LogP contribution in [0.5, 0.6) is 11.5 Å². The Kier molecular flexibility index (Phi) is 4.10. The van der Waals surface area contributed by atoms with Gasteiger partial charge in [0.2, 0.25) is 0 Å². The molecule has 0 aliphatic carbocycles. The number of phenolic OH excluding ortho intramolecular Hbond substituents is 2. The smallest absolute Gasteiger partial charge is 0.251 e. The molecule has 0 atom stereocenters. The molecule has 16 heavy (non-hydrogen) atoms. The highest BCUT2D eigenvalue weighted by molar-refractivity contribution is 5.95. The summed E-state index contributed by atoms with van der Waals surface area (Å²) in [6, 6.07) is 2.84. The lowest BCUT2D eigenvalue weighted by atomic mass is 10.1. The Balaban J connectivity index is 2.76. The molecule has 0 aliphatic heterocycles. The van der Waals surface area contributed by atoms with Crippen molar-refractivity contribution in [3.63, 3.8) is 0 Å². The Morgan fingerprint density at radius 1 is 1.19 bits per heavy atom. The predicted octanol–water partition coefficient (Wildman–Crippen LogP) is -0.819. The van der Waals surface area contributed by atoms with Gasteiger partial charge < -0.3 is 25.7 Å². The number of benzene rings is 1. The summed E-state index contributed by atoms with van der Waals surface area (Å²) in [5, 5.41) is 38.1. The van der Waals surface area contributed by atoms with Gasteiger partial charge in [-0.2, -0.15) is 0 Å². The van der Waals surface area contributed by atoms with E-state index in [1.54, 1.807) is 0 Å². The van der Waals surface area contributed by atoms with Crippen LogP contribution in [-0.2, 0) is 0 Å². The van der Waals surface area contributed by atoms with E-state index in [0.29, 0.717) is 0 Å². The standard InChI is InChI=1S/C10H13NO5/c12-4-7(5-13)11-10(16)6-1-2-8(14)9(15)3-6/h1-3,7,12-15H,4-5H2,(H,11,16). The van der Waals surface area contributed by atoms with Crippen LogP contribution in [0.15, 0.2) is 18.2 Å². The molecular weight excluding hydrogens is 214 g/mol. The second kappa shape index (κ2) is 5.34. The maximum absolute atomic E-state index is 11.5. The van der Waals surface area contributed by atoms with Crippen molar-refractivity contribution in [3.8, 4) is 11.5 Å². The lowest BCUT2D eigenvalue weighted by molar-refractivity contribution is 0.0879. The van der Waals surface area contributed by atoms with E-state index < -0.39 is 17.7 Å². The van der Waals surface area contributed by atoms with Crippen molar-refractivity contribution in [2.24, 2.45) is 0 Å². The number of carbonyl (C=O) groups excluding carboxylic acids is 1. The van der Waals surface area contributed by atoms with Crippen molar-refractivity contribution < 1.29 is 25.2 Å². The Labute approximate surface area is 91.8 Å². The van der Waals surface area contributed by atoms with Crippen molar-refractivity contribution in [1.82, 2.24) is 5.32 Å². The molecule has 0 spiro atoms. The molecule has 0 unspecified atom stereocenters. The predicted molar refractivity (Wildman–Crippen MR) is 55.2 cm³/mol. The molecule has 5 N–H and O–H groups in total. The quantitative estimate of drug-likeness (QED) is 0.432. The first kappa shape index (κ1) is 12.3. The molecule has 1 rings (SSSR count). The molecule has 6 heteroatoms. The molecule has 0 aromatic heterocycles. The summed E-state index contributed by atoms with van der Waals surface area (Å²) in [5.41, 5.74) is 0.127. The topological polar surface area (TPSA) is 110 Å². The molecule has 1 amide bonds. The molecule has 0 fully saturated rings. The first-order valence-electron chi connectivity index (χ1n) is 4.63. The van der Waals surface area contributed by atoms with Crippen molar-refractivity contribution in [2.75, 3.05) is 13.2 Å². The summed E-state index contributed by atoms with van der Waals surface area (Å²) in [4.78, 5) is 11.5. The average Bonchev–Trinajstić information content (AvgIpc) is 2.29. The van der Waals surface area contributed by atoms with Gasteiger partial charge >= 0.3 is 0 Å². The fraction of sp³-hybridized carbons (Fsp3) is 0.300. The second-order valence-corrected chi connectivity index (χ2v) is 3.24. The summed E-state index contributed by atoms with van der Waals surface area (Å²) < 4.78 is 0. The van der Waals surface area contributed by atoms with E-state index in [1.807, 2.05) is 0 Å². The van der Waals surface area contributed by atoms with Crippen LogP contribution in [0.25, 0.3) is 0 Å². The van der Waals surface area contributed by atoms with E-state index in [4.69, 9.17) is 20.4 Å². The number of carbonyl (C=O) groups is 1. The van der Waals surface area contributed by atoms with E-state index in [9.17, 15) is 4.79 Å². The minimum Gasteiger partial charge on any atom is -0.504 e. The summed E-state index contributed by atoms with van der Waals surface area (Å²) in [6.45, 7) is -0.765. The van der Waals surface area contributed by atoms with E-state index >= 15 is 0 Å². The number of amides is 1. The van der Waals surface area contributed by atoms with Crippen LogP contribution in [-0.4, -0.2) is 45.6 Å². The lowest BCUT2D eigenvalue weighted by Gasteiger charge is -2.13. The molecule has 0 radical (unpaired) electrons. The number of aliphatic hydroxyl groups is 2. The monoisotopic (exact) mass is 227 g/mol. The van der Waals surface area contributed by atoms with Crippen molar-refractivity contribution in [1.29, 1.82) is 0 Å². The van der Waals surface area contributed by atoms with Gasteiger partial charge in [-0.15, -0.1) is 0 Å². The zero-order valence-corrected chi connectivity index (χ0v) is 8.42. The number of phenols is 2. The van der Waals surface area contributed by atoms with Gasteiger partial charge in [0.15, 0.2) is 11.5 Å². The fourth-order valence-corrected chi connectivity index (χ4v) is 1.08. The molecule has 6 nitrogen and oxygen atoms in total. The molecule has 0 bridgehead atoms. The van der Waals surface area contributed by atoms with Gasteiger partial charge in [0.05, 0.1) is 19.3 Å². The molecule has 88 valence electrons. The van der Waals surface area contributed by atoms with Gasteiger partial charge in [-0.1, -0.05) is 0 Å². The van der Waals surface area contributed by atoms with Crippen molar-refractivity contribution >= 4 is 5.91 Å². The van der Waals surface area contributed by atoms with Crippen LogP contribution < -0.4 is 5.32 Å². The summed E-state index contributed by atoms with van der Waals surface area (Å²) >= 11 is 0. The van der Waals surface area contributed by atoms with E-state index in [-0.39, 0.29) is 24.5 Å². The van der Waals surface area contributed by atoms with Crippen LogP contribution in [0.1, 0.15) is 10.4 Å². The molecule has 0 saturated carbocycles. The molecular formula is C10H13NO5. The second-order valence-electron chi connectivity index (χ2n) is 3.24. The third-order valence-corrected chi connectivity index (χ3v) is 2.01. The third kappa shape index (κ3) is 2.85. The maximum atomic E-state index is 11.5. The molecule has 1 aromatic carbocycles. The van der Waals surface area contributed by atoms with E-state index in [1.165, 1.54) is 12.1 Å². The van der Waals surface area contributed by atoms with Crippen molar-refractivity contribution in [2.45, 2.75) is 6.04 Å². The normalized spacial score (nSPS) is 10.4. The van der Waals surface area contributed by atoms with Crippen LogP contribution in [0, 0.1) is 0 Å². The van der Waals surface area contributed by atoms with Gasteiger partial charge in [-0.3, -0.25) is 4.79 Å². The Morgan fingerprint density at radius 2 is 1.81 bits per heavy atom. The van der Waals surface area contributed by atoms with Crippen molar-refractivity contribution in [3.05, 3.63) is 23.8 Å². The van der Waals surface area contributed by atoms with Crippen LogP contribution in [0.3, 0.4) is 0 Å². The number of rotatable bonds is 4. The van der Waals surface area contributed by atoms with Gasteiger partial charge in [0.25, 0.3) is 5.91 Å². The summed E-state index contributed by atoms with van der Waals surface area (Å²) in [6.07, 6.45) is 0. The number of aromatic hydroxyl groups is 2. The summed E-state index contributed by atoms with van der Waals surface area (Å²) in [5.74, 6) is -1.28. The highest BCUT2D eigenvalue weighted by Crippen LogP contribution is 2.24. The Bertz CT molecular complexity index is 375. The highest BCUT2D eigenvalue weighted by Gasteiger charge is 2.13. The number of hydrogen-bond acceptors (Lipinski definition) is 5. The van der Waals surface area contributed by atoms with E-state index in [2.05, 4.69) is 5.32 Å². The number of nitrogens with one attached hydrogen (secondary N) is 1. The minimum absolute atomic E-state index is 0.127. The highest BCUT2D eigenvalue weighted by atomic mass is 16.3. The lowest BCUT2D eigenvalue weighted by Crippen LogP contribution is -2.40. The number of aliphatic hydroxyl groups excluding tert-OH is 2. The van der Waals surface area contributed by atoms with E-state index in [0.717, 1.165) is 6.07 Å². The average molecular weight is 227 g/mol. The van der Waals surface area contributed by atoms with Gasteiger partial charge in [0.1, 0.15) is 0 Å². The first-order chi connectivity index (χ1) is 7.58. The Morgan fingerprint density at radius 3 is 2.31 bits per heavy atom. The first-order valence-corrected chi connectivity index (χ1v) is 4.63. The maximum Gasteiger partial charge on any atom is 0.251 e. The SMILES string of the molecule is O=C(NC(CO)CO)c1ccc(O)c(O)c1. The number of hydrogen-bond donors (Lipinski definition) is 5. The fourth-order valence-electron chi connectivity index (χ4n) is 1.08. The van der Waals surface area contributed by atoms with Crippen LogP contribution in [0.4, 0.5) is 0 Å². The minimum atomic E-state index is -0.747. The molecule has 1 aromatic rings. The van der Waals surface area contributed by atoms with Gasteiger partial charge in [-0.25, -0.2) is 0 Å². The summed E-state index contributed by atoms with van der Waals surface area (Å²) in [7, 11) is 0. The van der Waals surface area contributed by atoms with Gasteiger partial charge in [-0.05, 0) is 18.2 Å². The molecule has 0 saturated heterocycles. The molecule has 0 aliphatic rings. The van der Waals surface area contributed by atoms with Gasteiger partial charge in [0, 0.05) is 5.56 Å². The van der Waals surface area contributed by atoms with Crippen LogP contribution in [0.2, 0.25) is 0 Å².